The van der Waals surface area contributed by atoms with Crippen LogP contribution in [0.25, 0.3) is 0 Å². The number of nitrogens with zero attached hydrogens (tertiary/aromatic N) is 3. The standard InChI is InChI=1S/C20H33N5O.HI/c1-4-21-20(22-12-6-14-25-13-5-7-19(25)26)23-15-17-8-10-18(11-9-17)16-24(2)3;/h8-11H,4-7,12-16H2,1-3H3,(H2,21,22,23);1H. The Morgan fingerprint density at radius 2 is 1.89 bits per heavy atom. The summed E-state index contributed by atoms with van der Waals surface area (Å²) in [6, 6.07) is 8.62. The molecule has 1 heterocycles. The van der Waals surface area contributed by atoms with Gasteiger partial charge in [0.05, 0.1) is 6.54 Å². The van der Waals surface area contributed by atoms with Crippen molar-refractivity contribution in [2.75, 3.05) is 40.3 Å². The van der Waals surface area contributed by atoms with Crippen molar-refractivity contribution in [1.82, 2.24) is 20.4 Å². The molecular weight excluding hydrogens is 453 g/mol. The number of nitrogens with one attached hydrogen (secondary N) is 2. The van der Waals surface area contributed by atoms with Crippen molar-refractivity contribution < 1.29 is 4.79 Å². The van der Waals surface area contributed by atoms with Gasteiger partial charge in [-0.25, -0.2) is 4.99 Å². The third-order valence-electron chi connectivity index (χ3n) is 4.35. The number of guanidine groups is 1. The molecule has 1 aromatic rings. The van der Waals surface area contributed by atoms with Gasteiger partial charge >= 0.3 is 0 Å². The number of rotatable bonds is 9. The lowest BCUT2D eigenvalue weighted by Gasteiger charge is -2.16. The molecule has 0 saturated carbocycles. The number of hydrogen-bond acceptors (Lipinski definition) is 3. The fourth-order valence-electron chi connectivity index (χ4n) is 3.04. The lowest BCUT2D eigenvalue weighted by Crippen LogP contribution is -2.39. The summed E-state index contributed by atoms with van der Waals surface area (Å²) in [7, 11) is 4.15. The molecule has 1 aromatic carbocycles. The average Bonchev–Trinajstić information content (AvgIpc) is 3.02. The highest BCUT2D eigenvalue weighted by atomic mass is 127. The zero-order chi connectivity index (χ0) is 18.8. The van der Waals surface area contributed by atoms with E-state index in [1.165, 1.54) is 11.1 Å². The SMILES string of the molecule is CCNC(=NCc1ccc(CN(C)C)cc1)NCCCN1CCCC1=O.I. The average molecular weight is 487 g/mol. The maximum absolute atomic E-state index is 11.6. The first kappa shape index (κ1) is 23.7. The number of halogens is 1. The molecule has 2 N–H and O–H groups in total. The van der Waals surface area contributed by atoms with Gasteiger partial charge in [0.15, 0.2) is 5.96 Å². The minimum Gasteiger partial charge on any atom is -0.357 e. The Labute approximate surface area is 180 Å². The van der Waals surface area contributed by atoms with Gasteiger partial charge in [0.25, 0.3) is 0 Å². The monoisotopic (exact) mass is 487 g/mol. The molecule has 7 heteroatoms. The summed E-state index contributed by atoms with van der Waals surface area (Å²) in [5, 5.41) is 6.64. The molecule has 0 atom stereocenters. The summed E-state index contributed by atoms with van der Waals surface area (Å²) in [5.74, 6) is 1.13. The summed E-state index contributed by atoms with van der Waals surface area (Å²) in [5.41, 5.74) is 2.51. The van der Waals surface area contributed by atoms with Gasteiger partial charge in [-0.05, 0) is 45.0 Å². The first-order valence-electron chi connectivity index (χ1n) is 9.61. The summed E-state index contributed by atoms with van der Waals surface area (Å²) >= 11 is 0. The Bertz CT molecular complexity index is 589. The van der Waals surface area contributed by atoms with Crippen LogP contribution >= 0.6 is 24.0 Å². The Morgan fingerprint density at radius 1 is 1.19 bits per heavy atom. The van der Waals surface area contributed by atoms with E-state index in [1.54, 1.807) is 0 Å². The van der Waals surface area contributed by atoms with Crippen molar-refractivity contribution >= 4 is 35.8 Å². The van der Waals surface area contributed by atoms with E-state index in [-0.39, 0.29) is 24.0 Å². The summed E-state index contributed by atoms with van der Waals surface area (Å²) in [4.78, 5) is 20.4. The van der Waals surface area contributed by atoms with Gasteiger partial charge in [-0.15, -0.1) is 24.0 Å². The number of aliphatic imine (C=N–C) groups is 1. The van der Waals surface area contributed by atoms with E-state index in [9.17, 15) is 4.79 Å². The first-order chi connectivity index (χ1) is 12.6. The molecule has 1 saturated heterocycles. The van der Waals surface area contributed by atoms with Crippen LogP contribution in [0.3, 0.4) is 0 Å². The highest BCUT2D eigenvalue weighted by Gasteiger charge is 2.18. The molecule has 1 aliphatic rings. The molecule has 0 bridgehead atoms. The molecule has 0 radical (unpaired) electrons. The molecular formula is C20H34IN5O. The van der Waals surface area contributed by atoms with Crippen LogP contribution in [-0.2, 0) is 17.9 Å². The molecule has 1 fully saturated rings. The van der Waals surface area contributed by atoms with Crippen LogP contribution in [0.1, 0.15) is 37.3 Å². The van der Waals surface area contributed by atoms with Crippen LogP contribution in [-0.4, -0.2) is 61.9 Å². The number of amides is 1. The van der Waals surface area contributed by atoms with Gasteiger partial charge in [0.1, 0.15) is 0 Å². The second kappa shape index (κ2) is 12.9. The Morgan fingerprint density at radius 3 is 2.48 bits per heavy atom. The topological polar surface area (TPSA) is 60.0 Å². The van der Waals surface area contributed by atoms with Gasteiger partial charge in [-0.2, -0.15) is 0 Å². The van der Waals surface area contributed by atoms with E-state index in [0.29, 0.717) is 18.9 Å². The third-order valence-corrected chi connectivity index (χ3v) is 4.35. The first-order valence-corrected chi connectivity index (χ1v) is 9.61. The lowest BCUT2D eigenvalue weighted by molar-refractivity contribution is -0.127. The second-order valence-electron chi connectivity index (χ2n) is 7.01. The van der Waals surface area contributed by atoms with E-state index in [0.717, 1.165) is 51.5 Å². The number of likely N-dealkylation sites (tertiary alicyclic amines) is 1. The van der Waals surface area contributed by atoms with Gasteiger partial charge in [0, 0.05) is 39.1 Å². The largest absolute Gasteiger partial charge is 0.357 e. The van der Waals surface area contributed by atoms with Gasteiger partial charge < -0.3 is 20.4 Å². The molecule has 152 valence electrons. The molecule has 1 amide bonds. The van der Waals surface area contributed by atoms with Gasteiger partial charge in [-0.1, -0.05) is 24.3 Å². The van der Waals surface area contributed by atoms with Crippen LogP contribution in [0.5, 0.6) is 0 Å². The smallest absolute Gasteiger partial charge is 0.222 e. The minimum absolute atomic E-state index is 0. The maximum Gasteiger partial charge on any atom is 0.222 e. The number of benzene rings is 1. The molecule has 6 nitrogen and oxygen atoms in total. The maximum atomic E-state index is 11.6. The fraction of sp³-hybridized carbons (Fsp3) is 0.600. The number of hydrogen-bond donors (Lipinski definition) is 2. The zero-order valence-corrected chi connectivity index (χ0v) is 19.2. The molecule has 0 aromatic heterocycles. The van der Waals surface area contributed by atoms with Crippen molar-refractivity contribution in [3.05, 3.63) is 35.4 Å². The van der Waals surface area contributed by atoms with Crippen LogP contribution in [0.2, 0.25) is 0 Å². The van der Waals surface area contributed by atoms with E-state index in [2.05, 4.69) is 65.8 Å². The summed E-state index contributed by atoms with van der Waals surface area (Å²) in [6.07, 6.45) is 2.66. The van der Waals surface area contributed by atoms with Crippen LogP contribution in [0.4, 0.5) is 0 Å². The Kier molecular flexibility index (Phi) is 11.3. The van der Waals surface area contributed by atoms with Crippen molar-refractivity contribution in [3.8, 4) is 0 Å². The van der Waals surface area contributed by atoms with E-state index in [1.807, 2.05) is 4.90 Å². The van der Waals surface area contributed by atoms with Gasteiger partial charge in [0.2, 0.25) is 5.91 Å². The van der Waals surface area contributed by atoms with E-state index >= 15 is 0 Å². The number of carbonyl (C=O) groups excluding carboxylic acids is 1. The molecule has 1 aliphatic heterocycles. The molecule has 27 heavy (non-hydrogen) atoms. The molecule has 0 spiro atoms. The van der Waals surface area contributed by atoms with Crippen LogP contribution < -0.4 is 10.6 Å². The van der Waals surface area contributed by atoms with Crippen LogP contribution in [0.15, 0.2) is 29.3 Å². The van der Waals surface area contributed by atoms with Crippen molar-refractivity contribution in [2.45, 2.75) is 39.3 Å². The minimum atomic E-state index is 0. The quantitative estimate of drug-likeness (QED) is 0.243. The summed E-state index contributed by atoms with van der Waals surface area (Å²) < 4.78 is 0. The van der Waals surface area contributed by atoms with Crippen molar-refractivity contribution in [2.24, 2.45) is 4.99 Å². The highest BCUT2D eigenvalue weighted by Crippen LogP contribution is 2.09. The fourth-order valence-corrected chi connectivity index (χ4v) is 3.04. The van der Waals surface area contributed by atoms with Gasteiger partial charge in [-0.3, -0.25) is 4.79 Å². The molecule has 0 aliphatic carbocycles. The molecule has 2 rings (SSSR count). The normalized spacial score (nSPS) is 14.4. The van der Waals surface area contributed by atoms with Crippen molar-refractivity contribution in [3.63, 3.8) is 0 Å². The van der Waals surface area contributed by atoms with E-state index in [4.69, 9.17) is 0 Å². The van der Waals surface area contributed by atoms with Crippen LogP contribution in [0, 0.1) is 0 Å². The zero-order valence-electron chi connectivity index (χ0n) is 16.8. The summed E-state index contributed by atoms with van der Waals surface area (Å²) in [6.45, 7) is 7.07. The molecule has 0 unspecified atom stereocenters. The predicted octanol–water partition coefficient (Wildman–Crippen LogP) is 2.43. The number of carbonyl (C=O) groups is 1. The van der Waals surface area contributed by atoms with E-state index < -0.39 is 0 Å². The Hall–Kier alpha value is -1.35. The third kappa shape index (κ3) is 8.92. The lowest BCUT2D eigenvalue weighted by atomic mass is 10.1. The Balaban J connectivity index is 0.00000364. The highest BCUT2D eigenvalue weighted by molar-refractivity contribution is 14.0. The second-order valence-corrected chi connectivity index (χ2v) is 7.01. The predicted molar refractivity (Wildman–Crippen MR) is 122 cm³/mol. The van der Waals surface area contributed by atoms with Crippen molar-refractivity contribution in [1.29, 1.82) is 0 Å².